The van der Waals surface area contributed by atoms with Crippen molar-refractivity contribution in [1.29, 1.82) is 0 Å². The standard InChI is InChI=1S/C16H12N2O3/c1-17-14-8-7-12(18(20)21)9-13(14)16(15(17)10-19)11-5-3-2-4-6-11/h2-10H,1H3. The first-order chi connectivity index (χ1) is 10.1. The topological polar surface area (TPSA) is 65.1 Å². The van der Waals surface area contributed by atoms with E-state index in [-0.39, 0.29) is 5.69 Å². The highest BCUT2D eigenvalue weighted by Crippen LogP contribution is 2.35. The van der Waals surface area contributed by atoms with Gasteiger partial charge in [0.15, 0.2) is 6.29 Å². The van der Waals surface area contributed by atoms with Crippen LogP contribution in [-0.4, -0.2) is 15.8 Å². The second-order valence-electron chi connectivity index (χ2n) is 4.76. The fraction of sp³-hybridized carbons (Fsp3) is 0.0625. The second-order valence-corrected chi connectivity index (χ2v) is 4.76. The van der Waals surface area contributed by atoms with Gasteiger partial charge in [0.2, 0.25) is 0 Å². The molecular weight excluding hydrogens is 268 g/mol. The quantitative estimate of drug-likeness (QED) is 0.418. The summed E-state index contributed by atoms with van der Waals surface area (Å²) in [6.07, 6.45) is 0.786. The van der Waals surface area contributed by atoms with E-state index in [4.69, 9.17) is 0 Å². The van der Waals surface area contributed by atoms with Crippen LogP contribution in [0.2, 0.25) is 0 Å². The molecule has 0 N–H and O–H groups in total. The number of nitro benzene ring substituents is 1. The molecule has 0 amide bonds. The van der Waals surface area contributed by atoms with Crippen molar-refractivity contribution in [3.05, 3.63) is 64.3 Å². The Bertz CT molecular complexity index is 851. The molecule has 0 unspecified atom stereocenters. The maximum atomic E-state index is 11.5. The van der Waals surface area contributed by atoms with Gasteiger partial charge in [0.25, 0.3) is 5.69 Å². The predicted octanol–water partition coefficient (Wildman–Crippen LogP) is 3.57. The van der Waals surface area contributed by atoms with E-state index in [0.29, 0.717) is 11.1 Å². The van der Waals surface area contributed by atoms with Gasteiger partial charge < -0.3 is 4.57 Å². The van der Waals surface area contributed by atoms with Crippen LogP contribution in [0.25, 0.3) is 22.0 Å². The van der Waals surface area contributed by atoms with Crippen molar-refractivity contribution < 1.29 is 9.72 Å². The highest BCUT2D eigenvalue weighted by Gasteiger charge is 2.18. The lowest BCUT2D eigenvalue weighted by atomic mass is 10.0. The van der Waals surface area contributed by atoms with E-state index in [1.165, 1.54) is 12.1 Å². The van der Waals surface area contributed by atoms with E-state index < -0.39 is 4.92 Å². The third kappa shape index (κ3) is 1.99. The van der Waals surface area contributed by atoms with E-state index in [1.807, 2.05) is 30.3 Å². The van der Waals surface area contributed by atoms with Crippen LogP contribution in [0.3, 0.4) is 0 Å². The average molecular weight is 280 g/mol. The molecule has 0 atom stereocenters. The van der Waals surface area contributed by atoms with Crippen LogP contribution in [-0.2, 0) is 7.05 Å². The first-order valence-corrected chi connectivity index (χ1v) is 6.41. The van der Waals surface area contributed by atoms with Gasteiger partial charge in [-0.05, 0) is 11.6 Å². The molecule has 3 rings (SSSR count). The Hall–Kier alpha value is -2.95. The number of aromatic nitrogens is 1. The first-order valence-electron chi connectivity index (χ1n) is 6.41. The highest BCUT2D eigenvalue weighted by molar-refractivity contribution is 6.05. The number of nitrogens with zero attached hydrogens (tertiary/aromatic N) is 2. The Labute approximate surface area is 120 Å². The second kappa shape index (κ2) is 4.86. The molecule has 2 aromatic carbocycles. The van der Waals surface area contributed by atoms with Crippen LogP contribution in [0.1, 0.15) is 10.5 Å². The minimum Gasteiger partial charge on any atom is -0.341 e. The van der Waals surface area contributed by atoms with Gasteiger partial charge in [-0.2, -0.15) is 0 Å². The van der Waals surface area contributed by atoms with E-state index in [2.05, 4.69) is 0 Å². The van der Waals surface area contributed by atoms with Crippen molar-refractivity contribution >= 4 is 22.9 Å². The number of benzene rings is 2. The zero-order valence-electron chi connectivity index (χ0n) is 11.3. The minimum atomic E-state index is -0.429. The number of aldehydes is 1. The molecule has 0 aliphatic carbocycles. The summed E-state index contributed by atoms with van der Waals surface area (Å²) in [6.45, 7) is 0. The van der Waals surface area contributed by atoms with Gasteiger partial charge in [-0.15, -0.1) is 0 Å². The van der Waals surface area contributed by atoms with Gasteiger partial charge in [0.1, 0.15) is 0 Å². The van der Waals surface area contributed by atoms with E-state index in [9.17, 15) is 14.9 Å². The van der Waals surface area contributed by atoms with Crippen molar-refractivity contribution in [2.75, 3.05) is 0 Å². The Morgan fingerprint density at radius 3 is 2.48 bits per heavy atom. The first kappa shape index (κ1) is 13.1. The SMILES string of the molecule is Cn1c(C=O)c(-c2ccccc2)c2cc([N+](=O)[O-])ccc21. The summed E-state index contributed by atoms with van der Waals surface area (Å²) in [5, 5.41) is 11.7. The van der Waals surface area contributed by atoms with Crippen molar-refractivity contribution in [3.8, 4) is 11.1 Å². The summed E-state index contributed by atoms with van der Waals surface area (Å²) in [6, 6.07) is 14.1. The van der Waals surface area contributed by atoms with Crippen LogP contribution < -0.4 is 0 Å². The molecule has 0 saturated heterocycles. The average Bonchev–Trinajstić information content (AvgIpc) is 2.80. The van der Waals surface area contributed by atoms with Gasteiger partial charge in [-0.3, -0.25) is 14.9 Å². The number of aryl methyl sites for hydroxylation is 1. The summed E-state index contributed by atoms with van der Waals surface area (Å²) in [5.41, 5.74) is 2.92. The number of non-ortho nitro benzene ring substituents is 1. The molecule has 1 aromatic heterocycles. The number of carbonyl (C=O) groups excluding carboxylic acids is 1. The summed E-state index contributed by atoms with van der Waals surface area (Å²) < 4.78 is 1.76. The molecule has 5 nitrogen and oxygen atoms in total. The molecule has 1 heterocycles. The van der Waals surface area contributed by atoms with Crippen molar-refractivity contribution in [2.24, 2.45) is 7.05 Å². The van der Waals surface area contributed by atoms with Crippen LogP contribution in [0.15, 0.2) is 48.5 Å². The molecule has 0 bridgehead atoms. The van der Waals surface area contributed by atoms with E-state index in [1.54, 1.807) is 17.7 Å². The molecule has 3 aromatic rings. The Kier molecular flexibility index (Phi) is 3.02. The van der Waals surface area contributed by atoms with Gasteiger partial charge in [0, 0.05) is 35.6 Å². The molecule has 0 aliphatic rings. The van der Waals surface area contributed by atoms with E-state index in [0.717, 1.165) is 22.9 Å². The smallest absolute Gasteiger partial charge is 0.270 e. The molecule has 0 aliphatic heterocycles. The minimum absolute atomic E-state index is 0.0164. The largest absolute Gasteiger partial charge is 0.341 e. The highest BCUT2D eigenvalue weighted by atomic mass is 16.6. The molecule has 21 heavy (non-hydrogen) atoms. The Balaban J connectivity index is 2.42. The zero-order chi connectivity index (χ0) is 15.0. The lowest BCUT2D eigenvalue weighted by Crippen LogP contribution is -1.95. The number of carbonyl (C=O) groups is 1. The third-order valence-corrected chi connectivity index (χ3v) is 3.61. The summed E-state index contributed by atoms with van der Waals surface area (Å²) in [7, 11) is 1.78. The maximum absolute atomic E-state index is 11.5. The molecule has 5 heteroatoms. The number of hydrogen-bond acceptors (Lipinski definition) is 3. The lowest BCUT2D eigenvalue weighted by molar-refractivity contribution is -0.384. The molecule has 0 fully saturated rings. The Morgan fingerprint density at radius 1 is 1.14 bits per heavy atom. The molecular formula is C16H12N2O3. The normalized spacial score (nSPS) is 10.7. The maximum Gasteiger partial charge on any atom is 0.270 e. The van der Waals surface area contributed by atoms with Crippen LogP contribution >= 0.6 is 0 Å². The molecule has 0 radical (unpaired) electrons. The van der Waals surface area contributed by atoms with Gasteiger partial charge in [0.05, 0.1) is 10.6 Å². The number of fused-ring (bicyclic) bond motifs is 1. The van der Waals surface area contributed by atoms with Crippen molar-refractivity contribution in [3.63, 3.8) is 0 Å². The van der Waals surface area contributed by atoms with Crippen molar-refractivity contribution in [1.82, 2.24) is 4.57 Å². The van der Waals surface area contributed by atoms with Gasteiger partial charge >= 0.3 is 0 Å². The fourth-order valence-corrected chi connectivity index (χ4v) is 2.61. The summed E-state index contributed by atoms with van der Waals surface area (Å²) in [4.78, 5) is 22.0. The van der Waals surface area contributed by atoms with Crippen LogP contribution in [0.5, 0.6) is 0 Å². The zero-order valence-corrected chi connectivity index (χ0v) is 11.3. The number of nitro groups is 1. The third-order valence-electron chi connectivity index (χ3n) is 3.61. The van der Waals surface area contributed by atoms with Crippen LogP contribution in [0, 0.1) is 10.1 Å². The predicted molar refractivity (Wildman–Crippen MR) is 80.4 cm³/mol. The van der Waals surface area contributed by atoms with Gasteiger partial charge in [-0.25, -0.2) is 0 Å². The van der Waals surface area contributed by atoms with Crippen LogP contribution in [0.4, 0.5) is 5.69 Å². The Morgan fingerprint density at radius 2 is 1.86 bits per heavy atom. The molecule has 0 spiro atoms. The summed E-state index contributed by atoms with van der Waals surface area (Å²) >= 11 is 0. The van der Waals surface area contributed by atoms with Gasteiger partial charge in [-0.1, -0.05) is 30.3 Å². The monoisotopic (exact) mass is 280 g/mol. The van der Waals surface area contributed by atoms with E-state index >= 15 is 0 Å². The number of hydrogen-bond donors (Lipinski definition) is 0. The van der Waals surface area contributed by atoms with Crippen molar-refractivity contribution in [2.45, 2.75) is 0 Å². The lowest BCUT2D eigenvalue weighted by Gasteiger charge is -2.01. The summed E-state index contributed by atoms with van der Waals surface area (Å²) in [5.74, 6) is 0. The fourth-order valence-electron chi connectivity index (χ4n) is 2.61. The molecule has 0 saturated carbocycles. The number of rotatable bonds is 3. The molecule has 104 valence electrons.